The zero-order valence-corrected chi connectivity index (χ0v) is 21.2. The number of guanidine groups is 1. The lowest BCUT2D eigenvalue weighted by Gasteiger charge is -2.41. The lowest BCUT2D eigenvalue weighted by Crippen LogP contribution is -2.64. The number of fused-ring (bicyclic) bond motifs is 1. The number of aromatic nitrogens is 2. The molecular weight excluding hydrogens is 496 g/mol. The summed E-state index contributed by atoms with van der Waals surface area (Å²) < 4.78 is 0.905. The van der Waals surface area contributed by atoms with E-state index in [0.717, 1.165) is 57.9 Å². The first-order chi connectivity index (χ1) is 16.4. The zero-order chi connectivity index (χ0) is 23.8. The molecule has 180 valence electrons. The number of anilines is 1. The second-order valence-corrected chi connectivity index (χ2v) is 11.2. The average Bonchev–Trinajstić information content (AvgIpc) is 3.42. The van der Waals surface area contributed by atoms with Crippen molar-refractivity contribution in [2.45, 2.75) is 23.5 Å². The maximum atomic E-state index is 12.8. The number of aryl methyl sites for hydroxylation is 1. The maximum absolute atomic E-state index is 12.8. The Morgan fingerprint density at radius 3 is 2.65 bits per heavy atom. The topological polar surface area (TPSA) is 97.3 Å². The molecule has 2 fully saturated rings. The van der Waals surface area contributed by atoms with Crippen LogP contribution in [0.25, 0.3) is 0 Å². The van der Waals surface area contributed by atoms with E-state index in [2.05, 4.69) is 31.4 Å². The van der Waals surface area contributed by atoms with Crippen LogP contribution in [0.5, 0.6) is 0 Å². The number of likely N-dealkylation sites (N-methyl/N-ethyl adjacent to an activating group) is 1. The van der Waals surface area contributed by atoms with Gasteiger partial charge in [-0.15, -0.1) is 10.2 Å². The Kier molecular flexibility index (Phi) is 6.54. The molecule has 10 nitrogen and oxygen atoms in total. The number of thioether (sulfide) groups is 1. The number of carbonyl (C=O) groups is 2. The van der Waals surface area contributed by atoms with Crippen LogP contribution in [0.3, 0.4) is 0 Å². The normalized spacial score (nSPS) is 22.7. The van der Waals surface area contributed by atoms with Crippen molar-refractivity contribution in [2.24, 2.45) is 4.99 Å². The van der Waals surface area contributed by atoms with E-state index < -0.39 is 18.2 Å². The molecule has 2 aromatic rings. The number of amides is 3. The predicted octanol–water partition coefficient (Wildman–Crippen LogP) is 1.96. The van der Waals surface area contributed by atoms with Crippen molar-refractivity contribution in [1.82, 2.24) is 30.2 Å². The summed E-state index contributed by atoms with van der Waals surface area (Å²) >= 11 is 9.35. The second kappa shape index (κ2) is 9.59. The number of aliphatic imine (C=N–C) groups is 1. The van der Waals surface area contributed by atoms with Crippen LogP contribution in [0.2, 0.25) is 5.02 Å². The number of imide groups is 1. The summed E-state index contributed by atoms with van der Waals surface area (Å²) in [5.41, 5.74) is 1.10. The molecular formula is C21H25ClN8O2S2. The van der Waals surface area contributed by atoms with Crippen molar-refractivity contribution in [3.8, 4) is 0 Å². The van der Waals surface area contributed by atoms with Crippen LogP contribution >= 0.6 is 34.7 Å². The van der Waals surface area contributed by atoms with E-state index >= 15 is 0 Å². The van der Waals surface area contributed by atoms with Crippen LogP contribution in [0.15, 0.2) is 33.6 Å². The smallest absolute Gasteiger partial charge is 0.325 e. The summed E-state index contributed by atoms with van der Waals surface area (Å²) in [6.07, 6.45) is -0.531. The molecule has 1 aromatic carbocycles. The molecule has 13 heteroatoms. The molecule has 4 heterocycles. The molecule has 0 aliphatic carbocycles. The zero-order valence-electron chi connectivity index (χ0n) is 18.8. The number of nitrogens with zero attached hydrogens (tertiary/aromatic N) is 7. The van der Waals surface area contributed by atoms with Gasteiger partial charge in [0.05, 0.1) is 0 Å². The largest absolute Gasteiger partial charge is 0.368 e. The third-order valence-electron chi connectivity index (χ3n) is 6.14. The standard InChI is InChI=1S/C21H25ClN8O2S2/c1-13-25-26-21(34-13)33-11-10-30-16-17(27(2)20(32)24-18(16)31)23-19(30)29-8-6-28(7-9-29)15-5-3-4-14(22)12-15/h3-5,12,16-17H,6-11H2,1-2H3,(H,24,31,32). The summed E-state index contributed by atoms with van der Waals surface area (Å²) in [5, 5.41) is 12.4. The third-order valence-corrected chi connectivity index (χ3v) is 8.33. The molecule has 0 bridgehead atoms. The minimum absolute atomic E-state index is 0.304. The molecule has 0 spiro atoms. The number of halogens is 1. The fourth-order valence-electron chi connectivity index (χ4n) is 4.42. The molecule has 5 rings (SSSR count). The highest BCUT2D eigenvalue weighted by molar-refractivity contribution is 8.01. The Balaban J connectivity index is 1.31. The van der Waals surface area contributed by atoms with Gasteiger partial charge in [-0.05, 0) is 25.1 Å². The maximum Gasteiger partial charge on any atom is 0.325 e. The van der Waals surface area contributed by atoms with Crippen molar-refractivity contribution in [3.05, 3.63) is 34.3 Å². The van der Waals surface area contributed by atoms with Crippen molar-refractivity contribution < 1.29 is 9.59 Å². The Hall–Kier alpha value is -2.57. The van der Waals surface area contributed by atoms with Gasteiger partial charge in [-0.2, -0.15) is 0 Å². The molecule has 3 amide bonds. The van der Waals surface area contributed by atoms with Crippen LogP contribution in [0.4, 0.5) is 10.5 Å². The molecule has 0 radical (unpaired) electrons. The quantitative estimate of drug-likeness (QED) is 0.598. The number of rotatable bonds is 5. The van der Waals surface area contributed by atoms with Gasteiger partial charge in [0, 0.05) is 56.2 Å². The SMILES string of the molecule is Cc1nnc(SCCN2C(N3CCN(c4cccc(Cl)c4)CC3)=NC3C2C(=O)NC(=O)N3C)s1. The van der Waals surface area contributed by atoms with E-state index in [0.29, 0.717) is 6.54 Å². The lowest BCUT2D eigenvalue weighted by atomic mass is 10.1. The lowest BCUT2D eigenvalue weighted by molar-refractivity contribution is -0.127. The fourth-order valence-corrected chi connectivity index (χ4v) is 6.43. The van der Waals surface area contributed by atoms with Gasteiger partial charge in [0.2, 0.25) is 0 Å². The van der Waals surface area contributed by atoms with Gasteiger partial charge in [0.25, 0.3) is 5.91 Å². The Bertz CT molecular complexity index is 1120. The molecule has 1 N–H and O–H groups in total. The van der Waals surface area contributed by atoms with Gasteiger partial charge in [-0.25, -0.2) is 9.79 Å². The highest BCUT2D eigenvalue weighted by atomic mass is 35.5. The van der Waals surface area contributed by atoms with Crippen LogP contribution < -0.4 is 10.2 Å². The van der Waals surface area contributed by atoms with Gasteiger partial charge in [0.1, 0.15) is 5.01 Å². The Labute approximate surface area is 210 Å². The fraction of sp³-hybridized carbons (Fsp3) is 0.476. The number of hydrogen-bond donors (Lipinski definition) is 1. The molecule has 3 aliphatic heterocycles. The van der Waals surface area contributed by atoms with E-state index in [-0.39, 0.29) is 5.91 Å². The van der Waals surface area contributed by atoms with Gasteiger partial charge in [-0.3, -0.25) is 10.1 Å². The third kappa shape index (κ3) is 4.53. The van der Waals surface area contributed by atoms with Crippen LogP contribution in [0.1, 0.15) is 5.01 Å². The Morgan fingerprint density at radius 2 is 1.94 bits per heavy atom. The van der Waals surface area contributed by atoms with E-state index in [4.69, 9.17) is 16.6 Å². The van der Waals surface area contributed by atoms with Crippen molar-refractivity contribution >= 4 is 58.3 Å². The molecule has 2 saturated heterocycles. The highest BCUT2D eigenvalue weighted by Gasteiger charge is 2.49. The number of benzene rings is 1. The number of nitrogens with one attached hydrogen (secondary N) is 1. The number of piperazine rings is 1. The monoisotopic (exact) mass is 520 g/mol. The van der Waals surface area contributed by atoms with E-state index in [9.17, 15) is 9.59 Å². The molecule has 1 aromatic heterocycles. The minimum atomic E-state index is -0.541. The van der Waals surface area contributed by atoms with Crippen molar-refractivity contribution in [3.63, 3.8) is 0 Å². The first-order valence-electron chi connectivity index (χ1n) is 11.0. The van der Waals surface area contributed by atoms with E-state index in [1.807, 2.05) is 30.0 Å². The first-order valence-corrected chi connectivity index (χ1v) is 13.2. The number of carbonyl (C=O) groups excluding carboxylic acids is 2. The van der Waals surface area contributed by atoms with Crippen LogP contribution in [0, 0.1) is 6.92 Å². The molecule has 3 aliphatic rings. The van der Waals surface area contributed by atoms with Gasteiger partial charge in [0.15, 0.2) is 22.5 Å². The predicted molar refractivity (Wildman–Crippen MR) is 134 cm³/mol. The van der Waals surface area contributed by atoms with Crippen molar-refractivity contribution in [2.75, 3.05) is 50.4 Å². The summed E-state index contributed by atoms with van der Waals surface area (Å²) in [4.78, 5) is 38.0. The van der Waals surface area contributed by atoms with Crippen molar-refractivity contribution in [1.29, 1.82) is 0 Å². The molecule has 2 unspecified atom stereocenters. The molecule has 2 atom stereocenters. The van der Waals surface area contributed by atoms with E-state index in [1.54, 1.807) is 30.1 Å². The van der Waals surface area contributed by atoms with Gasteiger partial charge >= 0.3 is 6.03 Å². The summed E-state index contributed by atoms with van der Waals surface area (Å²) in [5.74, 6) is 1.19. The summed E-state index contributed by atoms with van der Waals surface area (Å²) in [6, 6.07) is 6.91. The average molecular weight is 521 g/mol. The van der Waals surface area contributed by atoms with Crippen LogP contribution in [-0.2, 0) is 4.79 Å². The molecule has 0 saturated carbocycles. The second-order valence-electron chi connectivity index (χ2n) is 8.28. The first kappa shape index (κ1) is 23.2. The Morgan fingerprint density at radius 1 is 1.18 bits per heavy atom. The van der Waals surface area contributed by atoms with Gasteiger partial charge in [-0.1, -0.05) is 40.8 Å². The molecule has 34 heavy (non-hydrogen) atoms. The minimum Gasteiger partial charge on any atom is -0.368 e. The highest BCUT2D eigenvalue weighted by Crippen LogP contribution is 2.29. The van der Waals surface area contributed by atoms with Crippen LogP contribution in [-0.4, -0.2) is 101 Å². The summed E-state index contributed by atoms with van der Waals surface area (Å²) in [6.45, 7) is 5.66. The number of hydrogen-bond acceptors (Lipinski definition) is 10. The summed E-state index contributed by atoms with van der Waals surface area (Å²) in [7, 11) is 1.68. The number of urea groups is 1. The van der Waals surface area contributed by atoms with Gasteiger partial charge < -0.3 is 19.6 Å². The van der Waals surface area contributed by atoms with E-state index in [1.165, 1.54) is 4.90 Å².